The number of rotatable bonds is 4. The topological polar surface area (TPSA) is 26.0 Å². The first-order chi connectivity index (χ1) is 9.45. The monoisotopic (exact) mass is 307 g/mol. The summed E-state index contributed by atoms with van der Waals surface area (Å²) in [7, 11) is 0. The molecule has 20 heavy (non-hydrogen) atoms. The highest BCUT2D eigenvalue weighted by Gasteiger charge is 2.10. The Morgan fingerprint density at radius 1 is 0.950 bits per heavy atom. The predicted octanol–water partition coefficient (Wildman–Crippen LogP) is 4.72. The van der Waals surface area contributed by atoms with E-state index >= 15 is 0 Å². The first-order valence-corrected chi connectivity index (χ1v) is 7.47. The molecule has 0 bridgehead atoms. The van der Waals surface area contributed by atoms with Crippen LogP contribution in [-0.2, 0) is 12.8 Å². The van der Waals surface area contributed by atoms with Gasteiger partial charge >= 0.3 is 0 Å². The van der Waals surface area contributed by atoms with E-state index < -0.39 is 0 Å². The molecule has 1 nitrogen and oxygen atoms in total. The van der Waals surface area contributed by atoms with Crippen LogP contribution in [0.5, 0.6) is 0 Å². The van der Waals surface area contributed by atoms with Crippen molar-refractivity contribution in [3.05, 3.63) is 68.7 Å². The molecule has 0 heterocycles. The fourth-order valence-electron chi connectivity index (χ4n) is 2.34. The Labute approximate surface area is 130 Å². The molecular formula is C17H19Cl2N. The zero-order valence-electron chi connectivity index (χ0n) is 11.8. The van der Waals surface area contributed by atoms with E-state index in [2.05, 4.69) is 32.0 Å². The van der Waals surface area contributed by atoms with E-state index in [1.807, 2.05) is 12.1 Å². The maximum Gasteiger partial charge on any atom is 0.0453 e. The zero-order valence-corrected chi connectivity index (χ0v) is 13.3. The molecule has 0 aromatic heterocycles. The third kappa shape index (κ3) is 3.99. The van der Waals surface area contributed by atoms with Crippen LogP contribution in [-0.4, -0.2) is 6.04 Å². The molecule has 0 saturated carbocycles. The number of aryl methyl sites for hydroxylation is 2. The largest absolute Gasteiger partial charge is 0.327 e. The molecule has 0 aliphatic heterocycles. The number of benzene rings is 2. The van der Waals surface area contributed by atoms with Crippen LogP contribution in [0.4, 0.5) is 0 Å². The number of hydrogen-bond donors (Lipinski definition) is 1. The van der Waals surface area contributed by atoms with E-state index in [1.54, 1.807) is 6.07 Å². The second kappa shape index (κ2) is 6.62. The molecule has 3 heteroatoms. The van der Waals surface area contributed by atoms with Gasteiger partial charge in [-0.3, -0.25) is 0 Å². The van der Waals surface area contributed by atoms with Gasteiger partial charge in [0.05, 0.1) is 0 Å². The third-order valence-electron chi connectivity index (χ3n) is 3.48. The summed E-state index contributed by atoms with van der Waals surface area (Å²) in [6, 6.07) is 12.1. The maximum atomic E-state index is 6.27. The summed E-state index contributed by atoms with van der Waals surface area (Å²) in [6.45, 7) is 4.22. The van der Waals surface area contributed by atoms with Gasteiger partial charge < -0.3 is 5.73 Å². The summed E-state index contributed by atoms with van der Waals surface area (Å²) < 4.78 is 0. The van der Waals surface area contributed by atoms with Crippen LogP contribution in [0.1, 0.15) is 22.3 Å². The molecule has 0 amide bonds. The van der Waals surface area contributed by atoms with Gasteiger partial charge in [0, 0.05) is 16.1 Å². The lowest BCUT2D eigenvalue weighted by Crippen LogP contribution is -2.26. The Balaban J connectivity index is 2.08. The summed E-state index contributed by atoms with van der Waals surface area (Å²) in [5, 5.41) is 1.34. The van der Waals surface area contributed by atoms with E-state index in [4.69, 9.17) is 28.9 Å². The van der Waals surface area contributed by atoms with Crippen molar-refractivity contribution in [3.8, 4) is 0 Å². The predicted molar refractivity (Wildman–Crippen MR) is 87.8 cm³/mol. The fraction of sp³-hybridized carbons (Fsp3) is 0.294. The lowest BCUT2D eigenvalue weighted by Gasteiger charge is -2.15. The number of nitrogens with two attached hydrogens (primary N) is 1. The Morgan fingerprint density at radius 2 is 1.65 bits per heavy atom. The highest BCUT2D eigenvalue weighted by Crippen LogP contribution is 2.23. The summed E-state index contributed by atoms with van der Waals surface area (Å²) in [5.41, 5.74) is 11.2. The van der Waals surface area contributed by atoms with Crippen LogP contribution in [0.2, 0.25) is 10.0 Å². The Kier molecular flexibility index (Phi) is 5.09. The molecule has 106 valence electrons. The van der Waals surface area contributed by atoms with Gasteiger partial charge in [0.15, 0.2) is 0 Å². The molecule has 0 aliphatic rings. The highest BCUT2D eigenvalue weighted by molar-refractivity contribution is 6.35. The van der Waals surface area contributed by atoms with Gasteiger partial charge in [-0.15, -0.1) is 0 Å². The molecule has 1 atom stereocenters. The van der Waals surface area contributed by atoms with Crippen molar-refractivity contribution in [2.24, 2.45) is 5.73 Å². The minimum Gasteiger partial charge on any atom is -0.327 e. The maximum absolute atomic E-state index is 6.27. The van der Waals surface area contributed by atoms with Gasteiger partial charge in [-0.25, -0.2) is 0 Å². The van der Waals surface area contributed by atoms with Crippen molar-refractivity contribution in [2.45, 2.75) is 32.7 Å². The summed E-state index contributed by atoms with van der Waals surface area (Å²) in [6.07, 6.45) is 1.61. The van der Waals surface area contributed by atoms with E-state index in [-0.39, 0.29) is 6.04 Å². The second-order valence-electron chi connectivity index (χ2n) is 5.33. The van der Waals surface area contributed by atoms with Crippen LogP contribution in [0, 0.1) is 13.8 Å². The van der Waals surface area contributed by atoms with Crippen LogP contribution in [0.25, 0.3) is 0 Å². The van der Waals surface area contributed by atoms with Crippen molar-refractivity contribution < 1.29 is 0 Å². The molecule has 2 aromatic carbocycles. The molecule has 1 unspecified atom stereocenters. The third-order valence-corrected chi connectivity index (χ3v) is 4.07. The first kappa shape index (κ1) is 15.4. The molecule has 2 N–H and O–H groups in total. The molecule has 2 rings (SSSR count). The van der Waals surface area contributed by atoms with E-state index in [0.29, 0.717) is 10.0 Å². The van der Waals surface area contributed by atoms with Gasteiger partial charge in [-0.2, -0.15) is 0 Å². The van der Waals surface area contributed by atoms with Crippen LogP contribution < -0.4 is 5.73 Å². The van der Waals surface area contributed by atoms with E-state index in [0.717, 1.165) is 18.4 Å². The van der Waals surface area contributed by atoms with Crippen molar-refractivity contribution in [3.63, 3.8) is 0 Å². The van der Waals surface area contributed by atoms with E-state index in [1.165, 1.54) is 16.7 Å². The quantitative estimate of drug-likeness (QED) is 0.868. The summed E-state index contributed by atoms with van der Waals surface area (Å²) >= 11 is 12.1. The summed E-state index contributed by atoms with van der Waals surface area (Å²) in [5.74, 6) is 0. The van der Waals surface area contributed by atoms with Crippen LogP contribution >= 0.6 is 23.2 Å². The fourth-order valence-corrected chi connectivity index (χ4v) is 2.83. The molecule has 0 saturated heterocycles. The average molecular weight is 308 g/mol. The van der Waals surface area contributed by atoms with Crippen molar-refractivity contribution in [1.29, 1.82) is 0 Å². The molecule has 0 aliphatic carbocycles. The van der Waals surface area contributed by atoms with Gasteiger partial charge in [0.1, 0.15) is 0 Å². The second-order valence-corrected chi connectivity index (χ2v) is 6.18. The van der Waals surface area contributed by atoms with Gasteiger partial charge in [0.25, 0.3) is 0 Å². The minimum atomic E-state index is 0.0502. The van der Waals surface area contributed by atoms with Crippen molar-refractivity contribution in [1.82, 2.24) is 0 Å². The van der Waals surface area contributed by atoms with Crippen molar-refractivity contribution in [2.75, 3.05) is 0 Å². The first-order valence-electron chi connectivity index (χ1n) is 6.71. The Morgan fingerprint density at radius 3 is 2.35 bits per heavy atom. The molecule has 0 spiro atoms. The van der Waals surface area contributed by atoms with Crippen LogP contribution in [0.3, 0.4) is 0 Å². The lowest BCUT2D eigenvalue weighted by molar-refractivity contribution is 0.662. The highest BCUT2D eigenvalue weighted by atomic mass is 35.5. The molecule has 0 fully saturated rings. The normalized spacial score (nSPS) is 12.4. The van der Waals surface area contributed by atoms with Gasteiger partial charge in [0.2, 0.25) is 0 Å². The Hall–Kier alpha value is -1.02. The van der Waals surface area contributed by atoms with Gasteiger partial charge in [-0.05, 0) is 55.5 Å². The van der Waals surface area contributed by atoms with Gasteiger partial charge in [-0.1, -0.05) is 53.0 Å². The smallest absolute Gasteiger partial charge is 0.0453 e. The summed E-state index contributed by atoms with van der Waals surface area (Å²) in [4.78, 5) is 0. The lowest BCUT2D eigenvalue weighted by atomic mass is 9.96. The standard InChI is InChI=1S/C17H19Cl2N/c1-11-3-4-12(2)14(7-11)9-16(20)8-13-5-6-15(18)10-17(13)19/h3-7,10,16H,8-9,20H2,1-2H3. The van der Waals surface area contributed by atoms with Crippen LogP contribution in [0.15, 0.2) is 36.4 Å². The average Bonchev–Trinajstić information content (AvgIpc) is 2.37. The minimum absolute atomic E-state index is 0.0502. The van der Waals surface area contributed by atoms with E-state index in [9.17, 15) is 0 Å². The molecule has 2 aromatic rings. The number of halogens is 2. The Bertz CT molecular complexity index is 608. The SMILES string of the molecule is Cc1ccc(C)c(CC(N)Cc2ccc(Cl)cc2Cl)c1. The molecule has 0 radical (unpaired) electrons. The van der Waals surface area contributed by atoms with Crippen molar-refractivity contribution >= 4 is 23.2 Å². The zero-order chi connectivity index (χ0) is 14.7. The number of hydrogen-bond acceptors (Lipinski definition) is 1. The molecular weight excluding hydrogens is 289 g/mol.